The highest BCUT2D eigenvalue weighted by atomic mass is 32.1. The number of aromatic nitrogens is 2. The zero-order valence-corrected chi connectivity index (χ0v) is 14.9. The molecule has 3 rings (SSSR count). The second-order valence-corrected chi connectivity index (χ2v) is 7.16. The van der Waals surface area contributed by atoms with Gasteiger partial charge >= 0.3 is 6.03 Å². The van der Waals surface area contributed by atoms with Gasteiger partial charge in [0.05, 0.1) is 0 Å². The van der Waals surface area contributed by atoms with E-state index in [0.717, 1.165) is 25.9 Å². The van der Waals surface area contributed by atoms with Crippen LogP contribution in [-0.2, 0) is 5.41 Å². The van der Waals surface area contributed by atoms with Gasteiger partial charge in [-0.2, -0.15) is 4.37 Å². The molecule has 0 bridgehead atoms. The van der Waals surface area contributed by atoms with E-state index in [1.807, 2.05) is 13.0 Å². The van der Waals surface area contributed by atoms with Crippen LogP contribution in [0.3, 0.4) is 0 Å². The second kappa shape index (κ2) is 7.27. The number of amides is 2. The number of anilines is 1. The molecule has 2 aromatic rings. The summed E-state index contributed by atoms with van der Waals surface area (Å²) in [6.45, 7) is 4.50. The van der Waals surface area contributed by atoms with Crippen molar-refractivity contribution in [1.82, 2.24) is 19.6 Å². The van der Waals surface area contributed by atoms with Crippen LogP contribution in [0.15, 0.2) is 30.3 Å². The van der Waals surface area contributed by atoms with Crippen molar-refractivity contribution in [2.75, 3.05) is 32.0 Å². The molecule has 2 N–H and O–H groups in total. The topological polar surface area (TPSA) is 70.2 Å². The molecule has 1 aliphatic heterocycles. The van der Waals surface area contributed by atoms with Gasteiger partial charge in [-0.05, 0) is 45.5 Å². The molecule has 2 heterocycles. The molecule has 0 aliphatic carbocycles. The maximum atomic E-state index is 12.2. The number of hydrogen-bond acceptors (Lipinski definition) is 5. The molecule has 0 spiro atoms. The number of likely N-dealkylation sites (tertiary alicyclic amines) is 1. The lowest BCUT2D eigenvalue weighted by atomic mass is 9.72. The summed E-state index contributed by atoms with van der Waals surface area (Å²) in [5.41, 5.74) is 1.28. The minimum atomic E-state index is -0.222. The van der Waals surface area contributed by atoms with Crippen molar-refractivity contribution in [2.24, 2.45) is 0 Å². The monoisotopic (exact) mass is 345 g/mol. The van der Waals surface area contributed by atoms with E-state index in [2.05, 4.69) is 56.2 Å². The number of urea groups is 1. The number of carbonyl (C=O) groups excluding carboxylic acids is 1. The predicted molar refractivity (Wildman–Crippen MR) is 96.5 cm³/mol. The number of benzene rings is 1. The van der Waals surface area contributed by atoms with Crippen LogP contribution in [0.1, 0.15) is 24.2 Å². The summed E-state index contributed by atoms with van der Waals surface area (Å²) >= 11 is 1.20. The van der Waals surface area contributed by atoms with Crippen LogP contribution in [0.2, 0.25) is 0 Å². The number of nitrogens with one attached hydrogen (secondary N) is 2. The first-order valence-corrected chi connectivity index (χ1v) is 8.94. The van der Waals surface area contributed by atoms with Crippen molar-refractivity contribution >= 4 is 22.7 Å². The van der Waals surface area contributed by atoms with E-state index in [-0.39, 0.29) is 11.4 Å². The van der Waals surface area contributed by atoms with Crippen molar-refractivity contribution < 1.29 is 4.79 Å². The van der Waals surface area contributed by atoms with Crippen molar-refractivity contribution in [3.8, 4) is 0 Å². The highest BCUT2D eigenvalue weighted by Gasteiger charge is 2.35. The van der Waals surface area contributed by atoms with E-state index in [0.29, 0.717) is 17.5 Å². The van der Waals surface area contributed by atoms with Gasteiger partial charge in [0.1, 0.15) is 5.82 Å². The summed E-state index contributed by atoms with van der Waals surface area (Å²) in [6.07, 6.45) is 2.07. The zero-order valence-electron chi connectivity index (χ0n) is 14.1. The summed E-state index contributed by atoms with van der Waals surface area (Å²) in [5.74, 6) is 0.673. The van der Waals surface area contributed by atoms with E-state index in [9.17, 15) is 4.79 Å². The number of aryl methyl sites for hydroxylation is 1. The summed E-state index contributed by atoms with van der Waals surface area (Å²) in [6, 6.07) is 10.3. The van der Waals surface area contributed by atoms with Crippen LogP contribution in [0.4, 0.5) is 9.93 Å². The van der Waals surface area contributed by atoms with Gasteiger partial charge in [-0.25, -0.2) is 9.78 Å². The molecule has 0 saturated carbocycles. The number of hydrogen-bond donors (Lipinski definition) is 2. The molecule has 7 heteroatoms. The Bertz CT molecular complexity index is 679. The lowest BCUT2D eigenvalue weighted by Crippen LogP contribution is -2.48. The molecule has 128 valence electrons. The van der Waals surface area contributed by atoms with Gasteiger partial charge in [0.25, 0.3) is 0 Å². The Labute approximate surface area is 146 Å². The van der Waals surface area contributed by atoms with Gasteiger partial charge in [-0.15, -0.1) is 0 Å². The Morgan fingerprint density at radius 2 is 2.00 bits per heavy atom. The summed E-state index contributed by atoms with van der Waals surface area (Å²) in [7, 11) is 2.15. The fraction of sp³-hybridized carbons (Fsp3) is 0.471. The third-order valence-electron chi connectivity index (χ3n) is 4.67. The maximum Gasteiger partial charge on any atom is 0.321 e. The lowest BCUT2D eigenvalue weighted by molar-refractivity contribution is 0.183. The smallest absolute Gasteiger partial charge is 0.321 e. The Morgan fingerprint density at radius 1 is 1.29 bits per heavy atom. The first-order chi connectivity index (χ1) is 11.6. The van der Waals surface area contributed by atoms with Gasteiger partial charge in [0.15, 0.2) is 0 Å². The average molecular weight is 345 g/mol. The van der Waals surface area contributed by atoms with Gasteiger partial charge in [-0.1, -0.05) is 30.3 Å². The predicted octanol–water partition coefficient (Wildman–Crippen LogP) is 2.63. The highest BCUT2D eigenvalue weighted by Crippen LogP contribution is 2.34. The van der Waals surface area contributed by atoms with Gasteiger partial charge in [0, 0.05) is 23.5 Å². The molecule has 0 unspecified atom stereocenters. The van der Waals surface area contributed by atoms with Gasteiger partial charge in [-0.3, -0.25) is 5.32 Å². The molecule has 0 radical (unpaired) electrons. The quantitative estimate of drug-likeness (QED) is 0.894. The summed E-state index contributed by atoms with van der Waals surface area (Å²) < 4.78 is 4.07. The molecule has 1 saturated heterocycles. The molecule has 1 aliphatic rings. The number of piperidine rings is 1. The Morgan fingerprint density at radius 3 is 2.62 bits per heavy atom. The summed E-state index contributed by atoms with van der Waals surface area (Å²) in [5, 5.41) is 6.33. The van der Waals surface area contributed by atoms with Crippen molar-refractivity contribution in [1.29, 1.82) is 0 Å². The summed E-state index contributed by atoms with van der Waals surface area (Å²) in [4.78, 5) is 18.7. The maximum absolute atomic E-state index is 12.2. The van der Waals surface area contributed by atoms with Crippen LogP contribution < -0.4 is 10.6 Å². The Hall–Kier alpha value is -1.99. The number of rotatable bonds is 4. The lowest BCUT2D eigenvalue weighted by Gasteiger charge is -2.41. The Balaban J connectivity index is 1.67. The second-order valence-electron chi connectivity index (χ2n) is 6.40. The fourth-order valence-electron chi connectivity index (χ4n) is 3.14. The zero-order chi connectivity index (χ0) is 17.0. The van der Waals surface area contributed by atoms with Crippen LogP contribution in [0, 0.1) is 6.92 Å². The molecular formula is C17H23N5OS. The third kappa shape index (κ3) is 3.91. The Kier molecular flexibility index (Phi) is 5.11. The molecule has 1 fully saturated rings. The van der Waals surface area contributed by atoms with E-state index < -0.39 is 0 Å². The van der Waals surface area contributed by atoms with E-state index in [1.54, 1.807) is 0 Å². The normalized spacial score (nSPS) is 17.4. The first kappa shape index (κ1) is 16.9. The molecule has 24 heavy (non-hydrogen) atoms. The average Bonchev–Trinajstić information content (AvgIpc) is 3.00. The number of carbonyl (C=O) groups is 1. The molecular weight excluding hydrogens is 322 g/mol. The van der Waals surface area contributed by atoms with Crippen molar-refractivity contribution in [3.63, 3.8) is 0 Å². The van der Waals surface area contributed by atoms with Crippen LogP contribution >= 0.6 is 11.5 Å². The standard InChI is InChI=1S/C17H23N5OS/c1-13-19-16(24-21-13)20-15(23)18-12-17(8-10-22(2)11-9-17)14-6-4-3-5-7-14/h3-7H,8-12H2,1-2H3,(H2,18,19,20,21,23). The van der Waals surface area contributed by atoms with Crippen molar-refractivity contribution in [2.45, 2.75) is 25.2 Å². The van der Waals surface area contributed by atoms with E-state index in [4.69, 9.17) is 0 Å². The largest absolute Gasteiger partial charge is 0.337 e. The van der Waals surface area contributed by atoms with E-state index in [1.165, 1.54) is 17.1 Å². The fourth-order valence-corrected chi connectivity index (χ4v) is 3.72. The van der Waals surface area contributed by atoms with Crippen LogP contribution in [0.25, 0.3) is 0 Å². The van der Waals surface area contributed by atoms with Gasteiger partial charge in [0.2, 0.25) is 5.13 Å². The molecule has 1 aromatic carbocycles. The highest BCUT2D eigenvalue weighted by molar-refractivity contribution is 7.09. The molecule has 2 amide bonds. The van der Waals surface area contributed by atoms with Crippen molar-refractivity contribution in [3.05, 3.63) is 41.7 Å². The SMILES string of the molecule is Cc1nsc(NC(=O)NCC2(c3ccccc3)CCN(C)CC2)n1. The minimum Gasteiger partial charge on any atom is -0.337 e. The molecule has 1 aromatic heterocycles. The van der Waals surface area contributed by atoms with E-state index >= 15 is 0 Å². The van der Waals surface area contributed by atoms with Gasteiger partial charge < -0.3 is 10.2 Å². The first-order valence-electron chi connectivity index (χ1n) is 8.17. The molecule has 0 atom stereocenters. The molecule has 6 nitrogen and oxygen atoms in total. The van der Waals surface area contributed by atoms with Crippen LogP contribution in [0.5, 0.6) is 0 Å². The number of nitrogens with zero attached hydrogens (tertiary/aromatic N) is 3. The third-order valence-corrected chi connectivity index (χ3v) is 5.39. The minimum absolute atomic E-state index is 0.0118. The van der Waals surface area contributed by atoms with Crippen LogP contribution in [-0.4, -0.2) is 47.0 Å².